The molecule has 1 aromatic rings. The Bertz CT molecular complexity index is 560. The largest absolute Gasteiger partial charge is 0.490 e. The van der Waals surface area contributed by atoms with Crippen LogP contribution in [0.1, 0.15) is 9.67 Å². The fraction of sp³-hybridized carbons (Fsp3) is 0.545. The first-order valence-corrected chi connectivity index (χ1v) is 7.01. The van der Waals surface area contributed by atoms with Gasteiger partial charge in [0.1, 0.15) is 10.9 Å². The molecule has 24 heavy (non-hydrogen) atoms. The van der Waals surface area contributed by atoms with Crippen LogP contribution >= 0.6 is 11.5 Å². The van der Waals surface area contributed by atoms with E-state index in [1.165, 1.54) is 12.3 Å². The molecule has 136 valence electrons. The average Bonchev–Trinajstić information content (AvgIpc) is 2.99. The van der Waals surface area contributed by atoms with Crippen LogP contribution in [0.4, 0.5) is 26.3 Å². The van der Waals surface area contributed by atoms with Gasteiger partial charge < -0.3 is 15.3 Å². The first kappa shape index (κ1) is 20.2. The van der Waals surface area contributed by atoms with E-state index < -0.39 is 30.3 Å². The van der Waals surface area contributed by atoms with Crippen LogP contribution < -0.4 is 5.32 Å². The molecule has 1 amide bonds. The Labute approximate surface area is 135 Å². The van der Waals surface area contributed by atoms with Gasteiger partial charge in [-0.25, -0.2) is 9.17 Å². The number of amides is 1. The van der Waals surface area contributed by atoms with Crippen molar-refractivity contribution in [2.24, 2.45) is 0 Å². The van der Waals surface area contributed by atoms with Crippen LogP contribution in [-0.2, 0) is 4.79 Å². The van der Waals surface area contributed by atoms with Crippen LogP contribution in [-0.4, -0.2) is 64.3 Å². The molecule has 2 heterocycles. The lowest BCUT2D eigenvalue weighted by atomic mass is 10.1. The molecule has 1 aromatic heterocycles. The van der Waals surface area contributed by atoms with E-state index in [2.05, 4.69) is 9.69 Å². The Balaban J connectivity index is 0.000000351. The van der Waals surface area contributed by atoms with Gasteiger partial charge in [0.15, 0.2) is 0 Å². The van der Waals surface area contributed by atoms with Crippen molar-refractivity contribution in [3.05, 3.63) is 17.1 Å². The molecule has 2 N–H and O–H groups in total. The summed E-state index contributed by atoms with van der Waals surface area (Å²) in [5, 5.41) is 9.77. The average molecular weight is 379 g/mol. The normalized spacial score (nSPS) is 18.6. The van der Waals surface area contributed by atoms with Crippen molar-refractivity contribution in [2.75, 3.05) is 19.6 Å². The fourth-order valence-electron chi connectivity index (χ4n) is 1.71. The van der Waals surface area contributed by atoms with Crippen molar-refractivity contribution in [1.82, 2.24) is 14.6 Å². The molecule has 0 aliphatic carbocycles. The topological polar surface area (TPSA) is 82.5 Å². The quantitative estimate of drug-likeness (QED) is 0.727. The first-order valence-electron chi connectivity index (χ1n) is 6.23. The van der Waals surface area contributed by atoms with E-state index in [1.54, 1.807) is 0 Å². The van der Waals surface area contributed by atoms with Gasteiger partial charge in [-0.15, -0.1) is 0 Å². The molecule has 1 aliphatic rings. The van der Waals surface area contributed by atoms with Gasteiger partial charge >= 0.3 is 18.3 Å². The van der Waals surface area contributed by atoms with E-state index >= 15 is 0 Å². The van der Waals surface area contributed by atoms with Crippen LogP contribution in [0.25, 0.3) is 0 Å². The summed E-state index contributed by atoms with van der Waals surface area (Å²) in [7, 11) is 0. The van der Waals surface area contributed by atoms with Gasteiger partial charge in [-0.1, -0.05) is 0 Å². The third-order valence-corrected chi connectivity index (χ3v) is 3.51. The number of nitrogens with one attached hydrogen (secondary N) is 1. The molecule has 1 unspecified atom stereocenters. The van der Waals surface area contributed by atoms with Crippen molar-refractivity contribution in [3.8, 4) is 0 Å². The van der Waals surface area contributed by atoms with Gasteiger partial charge in [-0.2, -0.15) is 26.3 Å². The third-order valence-electron chi connectivity index (χ3n) is 2.77. The lowest BCUT2D eigenvalue weighted by Gasteiger charge is -2.36. The number of rotatable bonds is 1. The highest BCUT2D eigenvalue weighted by molar-refractivity contribution is 7.08. The maximum absolute atomic E-state index is 12.7. The number of carbonyl (C=O) groups excluding carboxylic acids is 1. The summed E-state index contributed by atoms with van der Waals surface area (Å²) >= 11 is 0.908. The molecule has 1 atom stereocenters. The smallest absolute Gasteiger partial charge is 0.475 e. The molecule has 6 nitrogen and oxygen atoms in total. The predicted octanol–water partition coefficient (Wildman–Crippen LogP) is 1.75. The van der Waals surface area contributed by atoms with Gasteiger partial charge in [0.25, 0.3) is 5.91 Å². The van der Waals surface area contributed by atoms with Gasteiger partial charge in [0, 0.05) is 25.8 Å². The van der Waals surface area contributed by atoms with Crippen LogP contribution in [0.2, 0.25) is 0 Å². The third kappa shape index (κ3) is 5.63. The Morgan fingerprint density at radius 1 is 1.29 bits per heavy atom. The van der Waals surface area contributed by atoms with Gasteiger partial charge in [-0.05, 0) is 17.6 Å². The summed E-state index contributed by atoms with van der Waals surface area (Å²) in [6, 6.07) is -0.325. The SMILES string of the molecule is O=C(O)C(F)(F)F.O=C(c1ccns1)N1CCNCC1C(F)(F)F. The van der Waals surface area contributed by atoms with E-state index in [-0.39, 0.29) is 18.0 Å². The Hall–Kier alpha value is -1.89. The lowest BCUT2D eigenvalue weighted by Crippen LogP contribution is -2.59. The number of aliphatic carboxylic acids is 1. The van der Waals surface area contributed by atoms with Crippen LogP contribution in [0.15, 0.2) is 12.3 Å². The Morgan fingerprint density at radius 2 is 1.88 bits per heavy atom. The highest BCUT2D eigenvalue weighted by atomic mass is 32.1. The second kappa shape index (κ2) is 7.79. The fourth-order valence-corrected chi connectivity index (χ4v) is 2.26. The number of alkyl halides is 6. The summed E-state index contributed by atoms with van der Waals surface area (Å²) in [5.74, 6) is -3.36. The maximum Gasteiger partial charge on any atom is 0.490 e. The lowest BCUT2D eigenvalue weighted by molar-refractivity contribution is -0.192. The number of carbonyl (C=O) groups is 2. The summed E-state index contributed by atoms with van der Waals surface area (Å²) in [4.78, 5) is 21.9. The highest BCUT2D eigenvalue weighted by Crippen LogP contribution is 2.27. The monoisotopic (exact) mass is 379 g/mol. The van der Waals surface area contributed by atoms with E-state index in [4.69, 9.17) is 9.90 Å². The van der Waals surface area contributed by atoms with Crippen LogP contribution in [0.5, 0.6) is 0 Å². The van der Waals surface area contributed by atoms with Crippen molar-refractivity contribution in [3.63, 3.8) is 0 Å². The first-order chi connectivity index (χ1) is 10.9. The number of hydrogen-bond donors (Lipinski definition) is 2. The molecule has 0 spiro atoms. The zero-order chi connectivity index (χ0) is 18.5. The van der Waals surface area contributed by atoms with E-state index in [1.807, 2.05) is 0 Å². The second-order valence-electron chi connectivity index (χ2n) is 4.44. The molecule has 1 aliphatic heterocycles. The maximum atomic E-state index is 12.7. The zero-order valence-electron chi connectivity index (χ0n) is 11.7. The molecule has 0 aromatic carbocycles. The number of carboxylic acid groups (broad SMARTS) is 1. The molecule has 1 fully saturated rings. The predicted molar refractivity (Wildman–Crippen MR) is 69.6 cm³/mol. The van der Waals surface area contributed by atoms with Crippen molar-refractivity contribution < 1.29 is 41.0 Å². The highest BCUT2D eigenvalue weighted by Gasteiger charge is 2.46. The number of hydrogen-bond acceptors (Lipinski definition) is 5. The van der Waals surface area contributed by atoms with E-state index in [9.17, 15) is 31.1 Å². The number of carboxylic acids is 1. The molecule has 0 bridgehead atoms. The number of halogens is 6. The minimum Gasteiger partial charge on any atom is -0.475 e. The molecule has 0 saturated carbocycles. The van der Waals surface area contributed by atoms with Crippen molar-refractivity contribution in [2.45, 2.75) is 18.4 Å². The number of aromatic nitrogens is 1. The second-order valence-corrected chi connectivity index (χ2v) is 5.27. The standard InChI is InChI=1S/C9H10F3N3OS.C2HF3O2/c10-9(11,12)7-5-13-3-4-15(7)8(16)6-1-2-14-17-6;3-2(4,5)1(6)7/h1-2,7,13H,3-5H2;(H,6,7). The number of piperazine rings is 1. The van der Waals surface area contributed by atoms with E-state index in [0.29, 0.717) is 6.54 Å². The molecular weight excluding hydrogens is 368 g/mol. The summed E-state index contributed by atoms with van der Waals surface area (Å²) < 4.78 is 73.7. The number of nitrogens with zero attached hydrogens (tertiary/aromatic N) is 2. The molecule has 13 heteroatoms. The van der Waals surface area contributed by atoms with Crippen LogP contribution in [0.3, 0.4) is 0 Å². The minimum absolute atomic E-state index is 0.0565. The van der Waals surface area contributed by atoms with E-state index in [0.717, 1.165) is 16.4 Å². The molecule has 2 rings (SSSR count). The van der Waals surface area contributed by atoms with Gasteiger partial charge in [-0.3, -0.25) is 4.79 Å². The Kier molecular flexibility index (Phi) is 6.54. The van der Waals surface area contributed by atoms with Crippen molar-refractivity contribution in [1.29, 1.82) is 0 Å². The minimum atomic E-state index is -5.08. The summed E-state index contributed by atoms with van der Waals surface area (Å²) in [6.45, 7) is 0.173. The zero-order valence-corrected chi connectivity index (χ0v) is 12.5. The van der Waals surface area contributed by atoms with Crippen molar-refractivity contribution >= 4 is 23.4 Å². The Morgan fingerprint density at radius 3 is 2.29 bits per heavy atom. The van der Waals surface area contributed by atoms with Gasteiger partial charge in [0.2, 0.25) is 0 Å². The van der Waals surface area contributed by atoms with Crippen LogP contribution in [0, 0.1) is 0 Å². The summed E-state index contributed by atoms with van der Waals surface area (Å²) in [5.41, 5.74) is 0. The summed E-state index contributed by atoms with van der Waals surface area (Å²) in [6.07, 6.45) is -8.09. The molecular formula is C11H11F6N3O3S. The molecule has 0 radical (unpaired) electrons. The van der Waals surface area contributed by atoms with Gasteiger partial charge in [0.05, 0.1) is 0 Å². The molecule has 1 saturated heterocycles.